The first-order chi connectivity index (χ1) is 5.70. The van der Waals surface area contributed by atoms with E-state index in [0.717, 1.165) is 29.5 Å². The first-order valence-corrected chi connectivity index (χ1v) is 5.50. The van der Waals surface area contributed by atoms with Gasteiger partial charge in [0, 0.05) is 5.33 Å². The van der Waals surface area contributed by atoms with E-state index >= 15 is 0 Å². The Morgan fingerprint density at radius 1 is 1.50 bits per heavy atom. The first kappa shape index (κ1) is 11.9. The van der Waals surface area contributed by atoms with Gasteiger partial charge in [0.15, 0.2) is 0 Å². The average molecular weight is 233 g/mol. The van der Waals surface area contributed by atoms with Gasteiger partial charge in [-0.15, -0.1) is 0 Å². The van der Waals surface area contributed by atoms with E-state index in [1.54, 1.807) is 0 Å². The second-order valence-corrected chi connectivity index (χ2v) is 4.02. The van der Waals surface area contributed by atoms with Crippen molar-refractivity contribution in [1.82, 2.24) is 0 Å². The van der Waals surface area contributed by atoms with Gasteiger partial charge in [0.1, 0.15) is 6.29 Å². The number of alkyl halides is 1. The van der Waals surface area contributed by atoms with Crippen molar-refractivity contribution < 1.29 is 4.79 Å². The molecular formula is C10H17BrO. The van der Waals surface area contributed by atoms with Crippen molar-refractivity contribution in [2.24, 2.45) is 5.92 Å². The number of halogens is 1. The van der Waals surface area contributed by atoms with Crippen molar-refractivity contribution in [2.75, 3.05) is 5.33 Å². The monoisotopic (exact) mass is 232 g/mol. The summed E-state index contributed by atoms with van der Waals surface area (Å²) in [6, 6.07) is 0. The highest BCUT2D eigenvalue weighted by molar-refractivity contribution is 9.09. The highest BCUT2D eigenvalue weighted by Crippen LogP contribution is 2.12. The van der Waals surface area contributed by atoms with Gasteiger partial charge in [0.05, 0.1) is 0 Å². The minimum atomic E-state index is 0.750. The summed E-state index contributed by atoms with van der Waals surface area (Å²) in [5.74, 6) is 0.750. The highest BCUT2D eigenvalue weighted by atomic mass is 79.9. The smallest absolute Gasteiger partial charge is 0.145 e. The lowest BCUT2D eigenvalue weighted by molar-refractivity contribution is -0.104. The van der Waals surface area contributed by atoms with E-state index in [1.807, 2.05) is 13.0 Å². The zero-order chi connectivity index (χ0) is 9.40. The summed E-state index contributed by atoms with van der Waals surface area (Å²) in [5.41, 5.74) is 0.848. The van der Waals surface area contributed by atoms with E-state index in [4.69, 9.17) is 0 Å². The Balaban J connectivity index is 3.48. The Bertz CT molecular complexity index is 152. The first-order valence-electron chi connectivity index (χ1n) is 4.38. The molecular weight excluding hydrogens is 216 g/mol. The van der Waals surface area contributed by atoms with Gasteiger partial charge in [-0.2, -0.15) is 0 Å². The van der Waals surface area contributed by atoms with Crippen LogP contribution in [0.15, 0.2) is 11.6 Å². The fourth-order valence-electron chi connectivity index (χ4n) is 0.974. The molecule has 0 radical (unpaired) electrons. The molecule has 0 amide bonds. The van der Waals surface area contributed by atoms with Crippen molar-refractivity contribution in [3.63, 3.8) is 0 Å². The Morgan fingerprint density at radius 2 is 2.17 bits per heavy atom. The zero-order valence-electron chi connectivity index (χ0n) is 7.85. The number of hydrogen-bond donors (Lipinski definition) is 0. The standard InChI is InChI=1S/C10H17BrO/c1-9(6-7-11)4-3-5-10(2)8-12/h5,8-9H,3-4,6-7H2,1-2H3/b10-5+. The second kappa shape index (κ2) is 7.53. The molecule has 0 aliphatic heterocycles. The van der Waals surface area contributed by atoms with Crippen LogP contribution in [0.5, 0.6) is 0 Å². The van der Waals surface area contributed by atoms with Gasteiger partial charge < -0.3 is 0 Å². The average Bonchev–Trinajstić information content (AvgIpc) is 2.04. The maximum absolute atomic E-state index is 10.2. The number of aldehydes is 1. The molecule has 0 N–H and O–H groups in total. The van der Waals surface area contributed by atoms with Crippen molar-refractivity contribution >= 4 is 22.2 Å². The number of rotatable bonds is 6. The molecule has 0 aliphatic rings. The van der Waals surface area contributed by atoms with Crippen LogP contribution in [-0.2, 0) is 4.79 Å². The molecule has 0 spiro atoms. The number of allylic oxidation sites excluding steroid dienone is 2. The second-order valence-electron chi connectivity index (χ2n) is 3.23. The summed E-state index contributed by atoms with van der Waals surface area (Å²) >= 11 is 3.41. The molecule has 2 heteroatoms. The fraction of sp³-hybridized carbons (Fsp3) is 0.700. The summed E-state index contributed by atoms with van der Waals surface area (Å²) in [4.78, 5) is 10.2. The van der Waals surface area contributed by atoms with E-state index < -0.39 is 0 Å². The van der Waals surface area contributed by atoms with Crippen molar-refractivity contribution in [2.45, 2.75) is 33.1 Å². The van der Waals surface area contributed by atoms with Crippen molar-refractivity contribution in [3.8, 4) is 0 Å². The van der Waals surface area contributed by atoms with Crippen LogP contribution in [-0.4, -0.2) is 11.6 Å². The predicted molar refractivity (Wildman–Crippen MR) is 56.6 cm³/mol. The van der Waals surface area contributed by atoms with Crippen molar-refractivity contribution in [1.29, 1.82) is 0 Å². The lowest BCUT2D eigenvalue weighted by Crippen LogP contribution is -1.94. The normalized spacial score (nSPS) is 14.4. The zero-order valence-corrected chi connectivity index (χ0v) is 9.43. The topological polar surface area (TPSA) is 17.1 Å². The van der Waals surface area contributed by atoms with E-state index in [-0.39, 0.29) is 0 Å². The maximum Gasteiger partial charge on any atom is 0.145 e. The van der Waals surface area contributed by atoms with Gasteiger partial charge >= 0.3 is 0 Å². The third kappa shape index (κ3) is 6.59. The molecule has 1 unspecified atom stereocenters. The van der Waals surface area contributed by atoms with Crippen LogP contribution < -0.4 is 0 Å². The Kier molecular flexibility index (Phi) is 7.47. The summed E-state index contributed by atoms with van der Waals surface area (Å²) in [5, 5.41) is 1.07. The lowest BCUT2D eigenvalue weighted by Gasteiger charge is -2.06. The quantitative estimate of drug-likeness (QED) is 0.390. The van der Waals surface area contributed by atoms with Crippen LogP contribution in [0.1, 0.15) is 33.1 Å². The third-order valence-corrected chi connectivity index (χ3v) is 2.37. The third-order valence-electron chi connectivity index (χ3n) is 1.91. The molecule has 0 aromatic heterocycles. The molecule has 0 bridgehead atoms. The molecule has 1 nitrogen and oxygen atoms in total. The molecule has 0 fully saturated rings. The molecule has 0 rings (SSSR count). The van der Waals surface area contributed by atoms with Crippen LogP contribution in [0.3, 0.4) is 0 Å². The summed E-state index contributed by atoms with van der Waals surface area (Å²) < 4.78 is 0. The summed E-state index contributed by atoms with van der Waals surface area (Å²) in [6.07, 6.45) is 6.34. The number of carbonyl (C=O) groups is 1. The molecule has 1 atom stereocenters. The highest BCUT2D eigenvalue weighted by Gasteiger charge is 1.98. The van der Waals surface area contributed by atoms with Crippen LogP contribution >= 0.6 is 15.9 Å². The van der Waals surface area contributed by atoms with E-state index in [0.29, 0.717) is 0 Å². The Hall–Kier alpha value is -0.110. The van der Waals surface area contributed by atoms with Crippen LogP contribution in [0.25, 0.3) is 0 Å². The van der Waals surface area contributed by atoms with Gasteiger partial charge in [-0.3, -0.25) is 4.79 Å². The SMILES string of the molecule is C/C(C=O)=C\CCC(C)CCBr. The lowest BCUT2D eigenvalue weighted by atomic mass is 10.0. The van der Waals surface area contributed by atoms with E-state index in [9.17, 15) is 4.79 Å². The molecule has 0 heterocycles. The van der Waals surface area contributed by atoms with Crippen LogP contribution in [0, 0.1) is 5.92 Å². The predicted octanol–water partition coefficient (Wildman–Crippen LogP) is 3.33. The number of carbonyl (C=O) groups excluding carboxylic acids is 1. The van der Waals surface area contributed by atoms with Gasteiger partial charge in [0.2, 0.25) is 0 Å². The molecule has 70 valence electrons. The minimum absolute atomic E-state index is 0.750. The molecule has 0 aliphatic carbocycles. The van der Waals surface area contributed by atoms with Crippen molar-refractivity contribution in [3.05, 3.63) is 11.6 Å². The van der Waals surface area contributed by atoms with Gasteiger partial charge in [-0.25, -0.2) is 0 Å². The van der Waals surface area contributed by atoms with E-state index in [1.165, 1.54) is 12.8 Å². The fourth-order valence-corrected chi connectivity index (χ4v) is 1.76. The maximum atomic E-state index is 10.2. The van der Waals surface area contributed by atoms with Gasteiger partial charge in [-0.1, -0.05) is 28.9 Å². The molecule has 0 saturated carbocycles. The largest absolute Gasteiger partial charge is 0.298 e. The summed E-state index contributed by atoms with van der Waals surface area (Å²) in [6.45, 7) is 4.09. The molecule has 12 heavy (non-hydrogen) atoms. The molecule has 0 saturated heterocycles. The minimum Gasteiger partial charge on any atom is -0.298 e. The Morgan fingerprint density at radius 3 is 2.67 bits per heavy atom. The van der Waals surface area contributed by atoms with Crippen LogP contribution in [0.4, 0.5) is 0 Å². The number of hydrogen-bond acceptors (Lipinski definition) is 1. The van der Waals surface area contributed by atoms with Crippen LogP contribution in [0.2, 0.25) is 0 Å². The summed E-state index contributed by atoms with van der Waals surface area (Å²) in [7, 11) is 0. The van der Waals surface area contributed by atoms with E-state index in [2.05, 4.69) is 22.9 Å². The van der Waals surface area contributed by atoms with Gasteiger partial charge in [-0.05, 0) is 37.7 Å². The molecule has 0 aromatic rings. The Labute approximate surface area is 83.4 Å². The van der Waals surface area contributed by atoms with Gasteiger partial charge in [0.25, 0.3) is 0 Å². The molecule has 0 aromatic carbocycles.